The minimum atomic E-state index is -3.43. The summed E-state index contributed by atoms with van der Waals surface area (Å²) in [5.74, 6) is 0. The Bertz CT molecular complexity index is 587. The van der Waals surface area contributed by atoms with E-state index in [2.05, 4.69) is 0 Å². The van der Waals surface area contributed by atoms with Crippen LogP contribution in [0.25, 0.3) is 0 Å². The van der Waals surface area contributed by atoms with Crippen LogP contribution in [0.4, 0.5) is 5.69 Å². The highest BCUT2D eigenvalue weighted by molar-refractivity contribution is 8.00. The van der Waals surface area contributed by atoms with Crippen LogP contribution in [0.1, 0.15) is 13.3 Å². The van der Waals surface area contributed by atoms with Gasteiger partial charge in [0.25, 0.3) is 0 Å². The van der Waals surface area contributed by atoms with E-state index in [9.17, 15) is 8.42 Å². The summed E-state index contributed by atoms with van der Waals surface area (Å²) in [5.41, 5.74) is 6.49. The number of hydrogen-bond acceptors (Lipinski definition) is 5. The summed E-state index contributed by atoms with van der Waals surface area (Å²) >= 11 is 1.66. The summed E-state index contributed by atoms with van der Waals surface area (Å²) in [7, 11) is -0.423. The van der Waals surface area contributed by atoms with E-state index in [1.165, 1.54) is 24.5 Å². The van der Waals surface area contributed by atoms with Crippen molar-refractivity contribution in [3.05, 3.63) is 18.2 Å². The van der Waals surface area contributed by atoms with E-state index < -0.39 is 10.0 Å². The number of nitrogens with two attached hydrogens (primary N) is 1. The third kappa shape index (κ3) is 3.11. The van der Waals surface area contributed by atoms with Gasteiger partial charge in [-0.05, 0) is 31.5 Å². The van der Waals surface area contributed by atoms with Crippen LogP contribution < -0.4 is 5.73 Å². The van der Waals surface area contributed by atoms with Gasteiger partial charge in [-0.2, -0.15) is 0 Å². The molecular weight excluding hydrogens is 296 g/mol. The van der Waals surface area contributed by atoms with E-state index in [0.717, 1.165) is 17.9 Å². The Morgan fingerprint density at radius 2 is 2.10 bits per heavy atom. The fraction of sp³-hybridized carbons (Fsp3) is 0.538. The SMILES string of the molecule is CC1OCCC1Sc1ccc(S(=O)(=O)N(C)C)cc1N. The molecule has 1 aromatic carbocycles. The van der Waals surface area contributed by atoms with Crippen LogP contribution in [-0.4, -0.2) is 44.8 Å². The van der Waals surface area contributed by atoms with E-state index in [0.29, 0.717) is 10.9 Å². The number of hydrogen-bond donors (Lipinski definition) is 1. The molecule has 2 atom stereocenters. The molecule has 1 aliphatic rings. The first-order chi connectivity index (χ1) is 9.32. The summed E-state index contributed by atoms with van der Waals surface area (Å²) < 4.78 is 30.8. The fourth-order valence-corrected chi connectivity index (χ4v) is 4.12. The van der Waals surface area contributed by atoms with E-state index in [-0.39, 0.29) is 11.0 Å². The van der Waals surface area contributed by atoms with Gasteiger partial charge in [0.05, 0.1) is 11.0 Å². The Morgan fingerprint density at radius 1 is 1.40 bits per heavy atom. The lowest BCUT2D eigenvalue weighted by Crippen LogP contribution is -2.22. The van der Waals surface area contributed by atoms with Gasteiger partial charge in [0.15, 0.2) is 0 Å². The topological polar surface area (TPSA) is 72.6 Å². The first-order valence-corrected chi connectivity index (χ1v) is 8.74. The normalized spacial score (nSPS) is 23.4. The van der Waals surface area contributed by atoms with Crippen LogP contribution in [0.2, 0.25) is 0 Å². The fourth-order valence-electron chi connectivity index (χ4n) is 2.04. The first-order valence-electron chi connectivity index (χ1n) is 6.42. The van der Waals surface area contributed by atoms with Crippen molar-refractivity contribution in [3.8, 4) is 0 Å². The molecule has 0 amide bonds. The molecule has 0 aliphatic carbocycles. The lowest BCUT2D eigenvalue weighted by atomic mass is 10.3. The van der Waals surface area contributed by atoms with E-state index in [4.69, 9.17) is 10.5 Å². The molecule has 0 saturated carbocycles. The van der Waals surface area contributed by atoms with Crippen molar-refractivity contribution in [2.75, 3.05) is 26.4 Å². The van der Waals surface area contributed by atoms with Crippen LogP contribution in [0, 0.1) is 0 Å². The van der Waals surface area contributed by atoms with Crippen molar-refractivity contribution in [2.24, 2.45) is 0 Å². The van der Waals surface area contributed by atoms with Gasteiger partial charge >= 0.3 is 0 Å². The minimum Gasteiger partial charge on any atom is -0.398 e. The molecule has 1 fully saturated rings. The van der Waals surface area contributed by atoms with E-state index in [1.807, 2.05) is 6.92 Å². The van der Waals surface area contributed by atoms with Gasteiger partial charge in [0.1, 0.15) is 0 Å². The van der Waals surface area contributed by atoms with Crippen LogP contribution in [0.3, 0.4) is 0 Å². The summed E-state index contributed by atoms with van der Waals surface area (Å²) in [6.07, 6.45) is 1.19. The van der Waals surface area contributed by atoms with Gasteiger partial charge in [-0.1, -0.05) is 0 Å². The Hall–Kier alpha value is -0.760. The van der Waals surface area contributed by atoms with Crippen LogP contribution in [-0.2, 0) is 14.8 Å². The maximum absolute atomic E-state index is 12.0. The summed E-state index contributed by atoms with van der Waals surface area (Å²) in [4.78, 5) is 1.13. The Kier molecular flexibility index (Phi) is 4.63. The smallest absolute Gasteiger partial charge is 0.242 e. The van der Waals surface area contributed by atoms with Gasteiger partial charge in [-0.15, -0.1) is 11.8 Å². The third-order valence-corrected chi connectivity index (χ3v) is 6.70. The van der Waals surface area contributed by atoms with Crippen molar-refractivity contribution >= 4 is 27.5 Å². The quantitative estimate of drug-likeness (QED) is 0.857. The number of sulfonamides is 1. The van der Waals surface area contributed by atoms with E-state index in [1.54, 1.807) is 23.9 Å². The molecule has 2 unspecified atom stereocenters. The highest BCUT2D eigenvalue weighted by Crippen LogP contribution is 2.36. The maximum Gasteiger partial charge on any atom is 0.242 e. The van der Waals surface area contributed by atoms with Crippen molar-refractivity contribution in [1.82, 2.24) is 4.31 Å². The Labute approximate surface area is 124 Å². The van der Waals surface area contributed by atoms with Crippen molar-refractivity contribution < 1.29 is 13.2 Å². The average molecular weight is 316 g/mol. The molecule has 112 valence electrons. The molecule has 0 spiro atoms. The van der Waals surface area contributed by atoms with Crippen LogP contribution >= 0.6 is 11.8 Å². The second-order valence-corrected chi connectivity index (χ2v) is 8.44. The molecule has 2 rings (SSSR count). The lowest BCUT2D eigenvalue weighted by molar-refractivity contribution is 0.127. The maximum atomic E-state index is 12.0. The molecule has 5 nitrogen and oxygen atoms in total. The Balaban J connectivity index is 2.22. The molecule has 2 N–H and O–H groups in total. The Morgan fingerprint density at radius 3 is 2.60 bits per heavy atom. The second-order valence-electron chi connectivity index (χ2n) is 5.01. The standard InChI is InChI=1S/C13H20N2O3S2/c1-9-12(6-7-18-9)19-13-5-4-10(8-11(13)14)20(16,17)15(2)3/h4-5,8-9,12H,6-7,14H2,1-3H3. The highest BCUT2D eigenvalue weighted by atomic mass is 32.2. The molecule has 0 aromatic heterocycles. The zero-order chi connectivity index (χ0) is 14.9. The molecule has 1 heterocycles. The molecule has 1 aromatic rings. The summed E-state index contributed by atoms with van der Waals surface area (Å²) in [5, 5.41) is 0.369. The number of ether oxygens (including phenoxy) is 1. The molecule has 1 aliphatic heterocycles. The van der Waals surface area contributed by atoms with Crippen molar-refractivity contribution in [1.29, 1.82) is 0 Å². The average Bonchev–Trinajstić information content (AvgIpc) is 2.77. The minimum absolute atomic E-state index is 0.199. The lowest BCUT2D eigenvalue weighted by Gasteiger charge is -2.16. The third-order valence-electron chi connectivity index (χ3n) is 3.34. The molecule has 0 radical (unpaired) electrons. The largest absolute Gasteiger partial charge is 0.398 e. The molecule has 7 heteroatoms. The van der Waals surface area contributed by atoms with Gasteiger partial charge in [-0.25, -0.2) is 12.7 Å². The molecular formula is C13H20N2O3S2. The van der Waals surface area contributed by atoms with Gasteiger partial charge < -0.3 is 10.5 Å². The van der Waals surface area contributed by atoms with Crippen LogP contribution in [0.15, 0.2) is 28.0 Å². The zero-order valence-electron chi connectivity index (χ0n) is 11.9. The first kappa shape index (κ1) is 15.6. The number of thioether (sulfide) groups is 1. The summed E-state index contributed by atoms with van der Waals surface area (Å²) in [6, 6.07) is 4.91. The molecule has 20 heavy (non-hydrogen) atoms. The number of benzene rings is 1. The van der Waals surface area contributed by atoms with Gasteiger partial charge in [0, 0.05) is 36.5 Å². The van der Waals surface area contributed by atoms with Crippen molar-refractivity contribution in [2.45, 2.75) is 34.5 Å². The number of rotatable bonds is 4. The molecule has 0 bridgehead atoms. The van der Waals surface area contributed by atoms with Gasteiger partial charge in [0.2, 0.25) is 10.0 Å². The van der Waals surface area contributed by atoms with E-state index >= 15 is 0 Å². The predicted octanol–water partition coefficient (Wildman–Crippen LogP) is 1.79. The van der Waals surface area contributed by atoms with Gasteiger partial charge in [-0.3, -0.25) is 0 Å². The van der Waals surface area contributed by atoms with Crippen molar-refractivity contribution in [3.63, 3.8) is 0 Å². The number of nitrogen functional groups attached to an aromatic ring is 1. The number of anilines is 1. The second kappa shape index (κ2) is 5.93. The molecule has 1 saturated heterocycles. The predicted molar refractivity (Wildman–Crippen MR) is 81.4 cm³/mol. The number of nitrogens with zero attached hydrogens (tertiary/aromatic N) is 1. The monoisotopic (exact) mass is 316 g/mol. The van der Waals surface area contributed by atoms with Crippen LogP contribution in [0.5, 0.6) is 0 Å². The highest BCUT2D eigenvalue weighted by Gasteiger charge is 2.26. The zero-order valence-corrected chi connectivity index (χ0v) is 13.5. The summed E-state index contributed by atoms with van der Waals surface area (Å²) in [6.45, 7) is 2.82.